The van der Waals surface area contributed by atoms with E-state index in [1.54, 1.807) is 29.8 Å². The maximum Gasteiger partial charge on any atom is 0.338 e. The Morgan fingerprint density at radius 2 is 1.77 bits per heavy atom. The van der Waals surface area contributed by atoms with Crippen LogP contribution in [0.25, 0.3) is 23.0 Å². The molecule has 3 heterocycles. The van der Waals surface area contributed by atoms with E-state index in [1.165, 1.54) is 12.3 Å². The van der Waals surface area contributed by atoms with Gasteiger partial charge in [-0.05, 0) is 37.3 Å². The standard InChI is InChI=1S/C30H26N4O6/c1-2-38-29(36)26-23(31-30(37)32-28(26)24-14-9-17-39-24)19-40-25(35)16-15-21-18-34(22-12-7-4-8-13-22)33-27(21)20-10-5-3-6-11-20/h3-18,28H,2,19H2,1H3,(H2,31,32,37)/b16-15+/t28-/m0/s1. The summed E-state index contributed by atoms with van der Waals surface area (Å²) < 4.78 is 17.8. The number of nitrogens with one attached hydrogen (secondary N) is 2. The average molecular weight is 539 g/mol. The van der Waals surface area contributed by atoms with Crippen LogP contribution in [0.15, 0.2) is 107 Å². The number of esters is 2. The fraction of sp³-hybridized carbons (Fsp3) is 0.133. The summed E-state index contributed by atoms with van der Waals surface area (Å²) in [7, 11) is 0. The maximum atomic E-state index is 12.8. The molecule has 1 aliphatic heterocycles. The number of nitrogens with zero attached hydrogens (tertiary/aromatic N) is 2. The highest BCUT2D eigenvalue weighted by atomic mass is 16.5. The van der Waals surface area contributed by atoms with Crippen molar-refractivity contribution in [3.8, 4) is 16.9 Å². The van der Waals surface area contributed by atoms with Crippen LogP contribution in [-0.4, -0.2) is 41.0 Å². The van der Waals surface area contributed by atoms with E-state index in [0.29, 0.717) is 17.0 Å². The van der Waals surface area contributed by atoms with Crippen LogP contribution in [0.5, 0.6) is 0 Å². The van der Waals surface area contributed by atoms with Crippen molar-refractivity contribution in [2.75, 3.05) is 13.2 Å². The molecule has 0 saturated heterocycles. The summed E-state index contributed by atoms with van der Waals surface area (Å²) in [4.78, 5) is 37.9. The van der Waals surface area contributed by atoms with Crippen LogP contribution in [0, 0.1) is 0 Å². The third-order valence-corrected chi connectivity index (χ3v) is 6.04. The van der Waals surface area contributed by atoms with Gasteiger partial charge >= 0.3 is 18.0 Å². The number of ether oxygens (including phenoxy) is 2. The number of aromatic nitrogens is 2. The number of furan rings is 1. The molecule has 10 nitrogen and oxygen atoms in total. The van der Waals surface area contributed by atoms with Crippen LogP contribution in [0.3, 0.4) is 0 Å². The van der Waals surface area contributed by atoms with Gasteiger partial charge in [0.15, 0.2) is 0 Å². The van der Waals surface area contributed by atoms with Crippen molar-refractivity contribution >= 4 is 24.0 Å². The largest absolute Gasteiger partial charge is 0.467 e. The van der Waals surface area contributed by atoms with Gasteiger partial charge in [0, 0.05) is 23.4 Å². The van der Waals surface area contributed by atoms with Gasteiger partial charge in [0.1, 0.15) is 18.4 Å². The number of rotatable bonds is 9. The minimum absolute atomic E-state index is 0.0867. The number of hydrogen-bond acceptors (Lipinski definition) is 7. The lowest BCUT2D eigenvalue weighted by molar-refractivity contribution is -0.140. The summed E-state index contributed by atoms with van der Waals surface area (Å²) in [6.45, 7) is 1.43. The summed E-state index contributed by atoms with van der Waals surface area (Å²) in [5.74, 6) is -1.01. The third-order valence-electron chi connectivity index (χ3n) is 6.04. The Bertz CT molecular complexity index is 1560. The SMILES string of the molecule is CCOC(=O)C1=C(COC(=O)/C=C/c2cn(-c3ccccc3)nc2-c2ccccc2)NC(=O)N[C@H]1c1ccco1. The number of hydrogen-bond donors (Lipinski definition) is 2. The van der Waals surface area contributed by atoms with Crippen LogP contribution < -0.4 is 10.6 Å². The second kappa shape index (κ2) is 12.0. The molecule has 40 heavy (non-hydrogen) atoms. The highest BCUT2D eigenvalue weighted by Gasteiger charge is 2.35. The van der Waals surface area contributed by atoms with Crippen molar-refractivity contribution in [3.63, 3.8) is 0 Å². The Labute approximate surface area is 229 Å². The van der Waals surface area contributed by atoms with E-state index >= 15 is 0 Å². The van der Waals surface area contributed by atoms with Gasteiger partial charge in [0.05, 0.1) is 35.5 Å². The lowest BCUT2D eigenvalue weighted by Crippen LogP contribution is -2.47. The summed E-state index contributed by atoms with van der Waals surface area (Å²) in [6, 6.07) is 21.0. The minimum atomic E-state index is -0.899. The zero-order valence-electron chi connectivity index (χ0n) is 21.6. The van der Waals surface area contributed by atoms with Gasteiger partial charge in [-0.2, -0.15) is 5.10 Å². The van der Waals surface area contributed by atoms with Crippen molar-refractivity contribution in [3.05, 3.63) is 114 Å². The third kappa shape index (κ3) is 5.86. The minimum Gasteiger partial charge on any atom is -0.467 e. The molecule has 0 bridgehead atoms. The molecule has 0 spiro atoms. The number of amides is 2. The number of benzene rings is 2. The number of carbonyl (C=O) groups excluding carboxylic acids is 3. The van der Waals surface area contributed by atoms with Gasteiger partial charge in [-0.15, -0.1) is 0 Å². The molecule has 0 unspecified atom stereocenters. The molecule has 1 aliphatic rings. The smallest absolute Gasteiger partial charge is 0.338 e. The Hall–Kier alpha value is -5.38. The normalized spacial score (nSPS) is 15.0. The zero-order chi connectivity index (χ0) is 27.9. The molecule has 2 aromatic carbocycles. The fourth-order valence-electron chi connectivity index (χ4n) is 4.24. The van der Waals surface area contributed by atoms with Gasteiger partial charge in [0.2, 0.25) is 0 Å². The summed E-state index contributed by atoms with van der Waals surface area (Å²) in [5.41, 5.74) is 3.33. The van der Waals surface area contributed by atoms with Crippen molar-refractivity contribution < 1.29 is 28.3 Å². The molecule has 2 N–H and O–H groups in total. The second-order valence-electron chi connectivity index (χ2n) is 8.68. The molecule has 10 heteroatoms. The zero-order valence-corrected chi connectivity index (χ0v) is 21.6. The summed E-state index contributed by atoms with van der Waals surface area (Å²) >= 11 is 0. The molecule has 0 radical (unpaired) electrons. The number of para-hydroxylation sites is 1. The van der Waals surface area contributed by atoms with Crippen molar-refractivity contribution in [1.82, 2.24) is 20.4 Å². The van der Waals surface area contributed by atoms with Crippen LogP contribution in [-0.2, 0) is 19.1 Å². The lowest BCUT2D eigenvalue weighted by atomic mass is 10.0. The Morgan fingerprint density at radius 1 is 1.02 bits per heavy atom. The van der Waals surface area contributed by atoms with E-state index in [9.17, 15) is 14.4 Å². The lowest BCUT2D eigenvalue weighted by Gasteiger charge is -2.27. The van der Waals surface area contributed by atoms with Crippen molar-refractivity contribution in [2.45, 2.75) is 13.0 Å². The summed E-state index contributed by atoms with van der Waals surface area (Å²) in [6.07, 6.45) is 6.14. The van der Waals surface area contributed by atoms with E-state index in [1.807, 2.05) is 66.9 Å². The molecule has 2 aromatic heterocycles. The van der Waals surface area contributed by atoms with Gasteiger partial charge in [-0.1, -0.05) is 48.5 Å². The first-order chi connectivity index (χ1) is 19.5. The number of urea groups is 1. The van der Waals surface area contributed by atoms with Gasteiger partial charge in [-0.3, -0.25) is 0 Å². The van der Waals surface area contributed by atoms with E-state index < -0.39 is 24.0 Å². The fourth-order valence-corrected chi connectivity index (χ4v) is 4.24. The Balaban J connectivity index is 1.38. The van der Waals surface area contributed by atoms with Crippen LogP contribution in [0.2, 0.25) is 0 Å². The molecular weight excluding hydrogens is 512 g/mol. The molecule has 0 aliphatic carbocycles. The predicted molar refractivity (Wildman–Crippen MR) is 146 cm³/mol. The van der Waals surface area contributed by atoms with E-state index in [4.69, 9.17) is 19.0 Å². The van der Waals surface area contributed by atoms with E-state index in [2.05, 4.69) is 10.6 Å². The van der Waals surface area contributed by atoms with Gasteiger partial charge in [0.25, 0.3) is 0 Å². The second-order valence-corrected chi connectivity index (χ2v) is 8.68. The average Bonchev–Trinajstić information content (AvgIpc) is 3.67. The molecular formula is C30H26N4O6. The monoisotopic (exact) mass is 538 g/mol. The molecule has 0 fully saturated rings. The number of carbonyl (C=O) groups is 3. The van der Waals surface area contributed by atoms with Crippen molar-refractivity contribution in [2.24, 2.45) is 0 Å². The quantitative estimate of drug-likeness (QED) is 0.236. The molecule has 202 valence electrons. The van der Waals surface area contributed by atoms with Crippen molar-refractivity contribution in [1.29, 1.82) is 0 Å². The molecule has 0 saturated carbocycles. The van der Waals surface area contributed by atoms with Gasteiger partial charge < -0.3 is 24.5 Å². The highest BCUT2D eigenvalue weighted by molar-refractivity contribution is 5.95. The van der Waals surface area contributed by atoms with Gasteiger partial charge in [-0.25, -0.2) is 19.1 Å². The maximum absolute atomic E-state index is 12.8. The Morgan fingerprint density at radius 3 is 2.48 bits per heavy atom. The first-order valence-electron chi connectivity index (χ1n) is 12.6. The van der Waals surface area contributed by atoms with Crippen LogP contribution in [0.1, 0.15) is 24.3 Å². The Kier molecular flexibility index (Phi) is 7.87. The molecule has 1 atom stereocenters. The highest BCUT2D eigenvalue weighted by Crippen LogP contribution is 2.28. The van der Waals surface area contributed by atoms with E-state index in [-0.39, 0.29) is 24.5 Å². The first kappa shape index (κ1) is 26.2. The van der Waals surface area contributed by atoms with Crippen LogP contribution >= 0.6 is 0 Å². The molecule has 5 rings (SSSR count). The molecule has 4 aromatic rings. The topological polar surface area (TPSA) is 125 Å². The molecule has 2 amide bonds. The summed E-state index contributed by atoms with van der Waals surface area (Å²) in [5, 5.41) is 9.92. The predicted octanol–water partition coefficient (Wildman–Crippen LogP) is 4.56. The van der Waals surface area contributed by atoms with E-state index in [0.717, 1.165) is 11.3 Å². The van der Waals surface area contributed by atoms with Crippen LogP contribution in [0.4, 0.5) is 4.79 Å². The first-order valence-corrected chi connectivity index (χ1v) is 12.6.